The van der Waals surface area contributed by atoms with Crippen LogP contribution in [0.4, 0.5) is 8.78 Å². The molecule has 74 valence electrons. The van der Waals surface area contributed by atoms with E-state index in [0.717, 1.165) is 12.1 Å². The van der Waals surface area contributed by atoms with Gasteiger partial charge in [-0.05, 0) is 30.2 Å². The van der Waals surface area contributed by atoms with E-state index in [1.165, 1.54) is 12.1 Å². The van der Waals surface area contributed by atoms with Crippen molar-refractivity contribution in [3.8, 4) is 0 Å². The van der Waals surface area contributed by atoms with Gasteiger partial charge in [0.25, 0.3) is 0 Å². The molecular weight excluding hydrogens is 186 g/mol. The van der Waals surface area contributed by atoms with Gasteiger partial charge < -0.3 is 0 Å². The van der Waals surface area contributed by atoms with Gasteiger partial charge in [-0.2, -0.15) is 0 Å². The Hall–Kier alpha value is -1.51. The van der Waals surface area contributed by atoms with Gasteiger partial charge in [-0.1, -0.05) is 13.0 Å². The summed E-state index contributed by atoms with van der Waals surface area (Å²) in [6.45, 7) is 1.75. The Kier molecular flexibility index (Phi) is 3.51. The van der Waals surface area contributed by atoms with Gasteiger partial charge in [0.1, 0.15) is 17.9 Å². The Bertz CT molecular complexity index is 349. The minimum Gasteiger partial charge on any atom is -0.298 e. The lowest BCUT2D eigenvalue weighted by atomic mass is 10.1. The molecule has 0 bridgehead atoms. The summed E-state index contributed by atoms with van der Waals surface area (Å²) in [5.74, 6) is -1.31. The van der Waals surface area contributed by atoms with Crippen LogP contribution in [0.25, 0.3) is 6.08 Å². The van der Waals surface area contributed by atoms with Crippen LogP contribution in [0, 0.1) is 11.6 Å². The van der Waals surface area contributed by atoms with E-state index in [1.807, 2.05) is 0 Å². The van der Waals surface area contributed by atoms with Crippen molar-refractivity contribution in [3.05, 3.63) is 41.0 Å². The normalized spacial score (nSPS) is 11.5. The molecule has 1 aromatic carbocycles. The molecule has 3 heteroatoms. The zero-order valence-corrected chi connectivity index (χ0v) is 7.76. The van der Waals surface area contributed by atoms with Crippen molar-refractivity contribution < 1.29 is 13.6 Å². The Morgan fingerprint density at radius 3 is 2.36 bits per heavy atom. The maximum atomic E-state index is 13.1. The Balaban J connectivity index is 3.18. The molecule has 0 unspecified atom stereocenters. The molecule has 0 saturated heterocycles. The number of carbonyl (C=O) groups is 1. The van der Waals surface area contributed by atoms with Crippen molar-refractivity contribution in [2.45, 2.75) is 13.3 Å². The van der Waals surface area contributed by atoms with E-state index in [-0.39, 0.29) is 5.56 Å². The molecule has 1 rings (SSSR count). The first-order valence-corrected chi connectivity index (χ1v) is 4.28. The van der Waals surface area contributed by atoms with Crippen LogP contribution in [-0.4, -0.2) is 6.29 Å². The smallest absolute Gasteiger partial charge is 0.146 e. The highest BCUT2D eigenvalue weighted by Gasteiger charge is 2.05. The monoisotopic (exact) mass is 196 g/mol. The first-order valence-electron chi connectivity index (χ1n) is 4.28. The molecule has 0 amide bonds. The van der Waals surface area contributed by atoms with E-state index < -0.39 is 11.6 Å². The standard InChI is InChI=1S/C11H10F2O/c1-2-8(7-14)6-9-10(12)4-3-5-11(9)13/h3-7H,2H2,1H3. The third kappa shape index (κ3) is 2.25. The lowest BCUT2D eigenvalue weighted by Crippen LogP contribution is -1.90. The number of hydrogen-bond donors (Lipinski definition) is 0. The number of allylic oxidation sites excluding steroid dienone is 1. The molecule has 0 aliphatic heterocycles. The molecular formula is C11H10F2O. The fraction of sp³-hybridized carbons (Fsp3) is 0.182. The van der Waals surface area contributed by atoms with Gasteiger partial charge in [0.2, 0.25) is 0 Å². The van der Waals surface area contributed by atoms with Gasteiger partial charge in [-0.15, -0.1) is 0 Å². The summed E-state index contributed by atoms with van der Waals surface area (Å²) in [5.41, 5.74) is 0.213. The van der Waals surface area contributed by atoms with Crippen LogP contribution in [0.2, 0.25) is 0 Å². The summed E-state index contributed by atoms with van der Waals surface area (Å²) in [6, 6.07) is 3.61. The molecule has 0 atom stereocenters. The predicted octanol–water partition coefficient (Wildman–Crippen LogP) is 2.96. The maximum Gasteiger partial charge on any atom is 0.146 e. The van der Waals surface area contributed by atoms with E-state index in [2.05, 4.69) is 0 Å². The fourth-order valence-electron chi connectivity index (χ4n) is 1.05. The third-order valence-corrected chi connectivity index (χ3v) is 1.89. The number of rotatable bonds is 3. The van der Waals surface area contributed by atoms with Gasteiger partial charge >= 0.3 is 0 Å². The van der Waals surface area contributed by atoms with Crippen molar-refractivity contribution in [3.63, 3.8) is 0 Å². The number of benzene rings is 1. The van der Waals surface area contributed by atoms with Crippen molar-refractivity contribution in [2.24, 2.45) is 0 Å². The van der Waals surface area contributed by atoms with E-state index >= 15 is 0 Å². The second-order valence-corrected chi connectivity index (χ2v) is 2.83. The van der Waals surface area contributed by atoms with Crippen LogP contribution in [0.15, 0.2) is 23.8 Å². The molecule has 0 spiro atoms. The van der Waals surface area contributed by atoms with Crippen LogP contribution < -0.4 is 0 Å². The summed E-state index contributed by atoms with van der Waals surface area (Å²) >= 11 is 0. The van der Waals surface area contributed by atoms with Crippen molar-refractivity contribution in [1.82, 2.24) is 0 Å². The first-order chi connectivity index (χ1) is 6.69. The number of halogens is 2. The average Bonchev–Trinajstić information content (AvgIpc) is 2.18. The Morgan fingerprint density at radius 2 is 1.93 bits per heavy atom. The van der Waals surface area contributed by atoms with Gasteiger partial charge in [-0.3, -0.25) is 4.79 Å². The number of hydrogen-bond acceptors (Lipinski definition) is 1. The summed E-state index contributed by atoms with van der Waals surface area (Å²) in [6.07, 6.45) is 2.29. The molecule has 0 N–H and O–H groups in total. The zero-order valence-electron chi connectivity index (χ0n) is 7.76. The number of carbonyl (C=O) groups excluding carboxylic acids is 1. The molecule has 0 aliphatic rings. The summed E-state index contributed by atoms with van der Waals surface area (Å²) in [4.78, 5) is 10.4. The molecule has 0 radical (unpaired) electrons. The van der Waals surface area contributed by atoms with Gasteiger partial charge in [0.05, 0.1) is 0 Å². The highest BCUT2D eigenvalue weighted by atomic mass is 19.1. The molecule has 1 nitrogen and oxygen atoms in total. The van der Waals surface area contributed by atoms with Crippen molar-refractivity contribution >= 4 is 12.4 Å². The summed E-state index contributed by atoms with van der Waals surface area (Å²) in [5, 5.41) is 0. The maximum absolute atomic E-state index is 13.1. The van der Waals surface area contributed by atoms with E-state index in [0.29, 0.717) is 18.3 Å². The van der Waals surface area contributed by atoms with Gasteiger partial charge in [0, 0.05) is 5.56 Å². The SMILES string of the molecule is CCC(C=O)=Cc1c(F)cccc1F. The lowest BCUT2D eigenvalue weighted by Gasteiger charge is -1.99. The molecule has 0 saturated carbocycles. The second-order valence-electron chi connectivity index (χ2n) is 2.83. The quantitative estimate of drug-likeness (QED) is 0.536. The zero-order chi connectivity index (χ0) is 10.6. The molecule has 0 fully saturated rings. The van der Waals surface area contributed by atoms with Gasteiger partial charge in [0.15, 0.2) is 0 Å². The number of aldehydes is 1. The average molecular weight is 196 g/mol. The largest absolute Gasteiger partial charge is 0.298 e. The Morgan fingerprint density at radius 1 is 1.36 bits per heavy atom. The van der Waals surface area contributed by atoms with E-state index in [1.54, 1.807) is 6.92 Å². The highest BCUT2D eigenvalue weighted by molar-refractivity contribution is 5.81. The highest BCUT2D eigenvalue weighted by Crippen LogP contribution is 2.16. The van der Waals surface area contributed by atoms with E-state index in [4.69, 9.17) is 0 Å². The predicted molar refractivity (Wildman–Crippen MR) is 50.7 cm³/mol. The molecule has 0 aliphatic carbocycles. The molecule has 0 heterocycles. The molecule has 1 aromatic rings. The van der Waals surface area contributed by atoms with Crippen LogP contribution >= 0.6 is 0 Å². The minimum absolute atomic E-state index is 0.156. The summed E-state index contributed by atoms with van der Waals surface area (Å²) < 4.78 is 26.2. The third-order valence-electron chi connectivity index (χ3n) is 1.89. The van der Waals surface area contributed by atoms with Crippen LogP contribution in [-0.2, 0) is 4.79 Å². The molecule has 0 aromatic heterocycles. The van der Waals surface area contributed by atoms with Crippen molar-refractivity contribution in [1.29, 1.82) is 0 Å². The molecule has 14 heavy (non-hydrogen) atoms. The topological polar surface area (TPSA) is 17.1 Å². The summed E-state index contributed by atoms with van der Waals surface area (Å²) in [7, 11) is 0. The fourth-order valence-corrected chi connectivity index (χ4v) is 1.05. The van der Waals surface area contributed by atoms with Gasteiger partial charge in [-0.25, -0.2) is 8.78 Å². The minimum atomic E-state index is -0.655. The Labute approximate surface area is 81.1 Å². The first kappa shape index (κ1) is 10.6. The van der Waals surface area contributed by atoms with E-state index in [9.17, 15) is 13.6 Å². The van der Waals surface area contributed by atoms with Crippen LogP contribution in [0.5, 0.6) is 0 Å². The van der Waals surface area contributed by atoms with Crippen molar-refractivity contribution in [2.75, 3.05) is 0 Å². The second kappa shape index (κ2) is 4.65. The van der Waals surface area contributed by atoms with Crippen LogP contribution in [0.1, 0.15) is 18.9 Å². The van der Waals surface area contributed by atoms with Crippen LogP contribution in [0.3, 0.4) is 0 Å². The lowest BCUT2D eigenvalue weighted by molar-refractivity contribution is -0.104.